The minimum Gasteiger partial charge on any atom is -0.388 e. The number of rotatable bonds is 1. The van der Waals surface area contributed by atoms with E-state index in [1.165, 1.54) is 0 Å². The summed E-state index contributed by atoms with van der Waals surface area (Å²) in [6, 6.07) is 0. The Kier molecular flexibility index (Phi) is 2.26. The van der Waals surface area contributed by atoms with Gasteiger partial charge in [-0.15, -0.1) is 0 Å². The van der Waals surface area contributed by atoms with Gasteiger partial charge in [0.2, 0.25) is 0 Å². The van der Waals surface area contributed by atoms with Gasteiger partial charge >= 0.3 is 0 Å². The van der Waals surface area contributed by atoms with E-state index in [4.69, 9.17) is 21.2 Å². The van der Waals surface area contributed by atoms with Crippen molar-refractivity contribution in [3.05, 3.63) is 0 Å². The predicted molar refractivity (Wildman–Crippen MR) is 46.8 cm³/mol. The number of hydrogen-bond acceptors (Lipinski definition) is 4. The molecule has 72 valence electrons. The first-order valence-corrected chi connectivity index (χ1v) is 4.62. The lowest BCUT2D eigenvalue weighted by molar-refractivity contribution is -0.106. The Morgan fingerprint density at radius 3 is 2.69 bits per heavy atom. The Labute approximate surface area is 80.8 Å². The van der Waals surface area contributed by atoms with Crippen LogP contribution in [0.5, 0.6) is 0 Å². The molecule has 5 heteroatoms. The summed E-state index contributed by atoms with van der Waals surface area (Å²) in [6.07, 6.45) is 2.09. The lowest BCUT2D eigenvalue weighted by Crippen LogP contribution is -2.36. The van der Waals surface area contributed by atoms with Crippen molar-refractivity contribution in [2.45, 2.75) is 24.9 Å². The van der Waals surface area contributed by atoms with Crippen molar-refractivity contribution < 1.29 is 14.4 Å². The first-order chi connectivity index (χ1) is 6.22. The molecule has 2 aliphatic heterocycles. The number of hydrogen-bond donors (Lipinski definition) is 0. The minimum absolute atomic E-state index is 0.307. The molecular formula is C8H10ClNO3. The molecule has 1 saturated heterocycles. The summed E-state index contributed by atoms with van der Waals surface area (Å²) in [6.45, 7) is 1.33. The highest BCUT2D eigenvalue weighted by molar-refractivity contribution is 6.82. The molecule has 4 nitrogen and oxygen atoms in total. The smallest absolute Gasteiger partial charge is 0.270 e. The molecule has 1 spiro atoms. The van der Waals surface area contributed by atoms with Crippen molar-refractivity contribution >= 4 is 22.6 Å². The average molecular weight is 204 g/mol. The van der Waals surface area contributed by atoms with Gasteiger partial charge in [0, 0.05) is 19.3 Å². The van der Waals surface area contributed by atoms with Crippen LogP contribution in [0, 0.1) is 0 Å². The van der Waals surface area contributed by atoms with E-state index in [9.17, 15) is 4.79 Å². The summed E-state index contributed by atoms with van der Waals surface area (Å²) in [7, 11) is 0. The molecule has 0 saturated carbocycles. The molecular weight excluding hydrogens is 194 g/mol. The first kappa shape index (κ1) is 8.97. The van der Waals surface area contributed by atoms with Gasteiger partial charge in [-0.2, -0.15) is 0 Å². The molecule has 0 aromatic carbocycles. The van der Waals surface area contributed by atoms with Gasteiger partial charge in [0.25, 0.3) is 5.24 Å². The van der Waals surface area contributed by atoms with Crippen LogP contribution in [-0.2, 0) is 14.4 Å². The Balaban J connectivity index is 2.02. The number of halogens is 1. The molecule has 0 unspecified atom stereocenters. The summed E-state index contributed by atoms with van der Waals surface area (Å²) in [5, 5.41) is 3.18. The predicted octanol–water partition coefficient (Wildman–Crippen LogP) is 1.08. The molecule has 0 bridgehead atoms. The highest BCUT2D eigenvalue weighted by Crippen LogP contribution is 2.34. The lowest BCUT2D eigenvalue weighted by atomic mass is 9.89. The number of ether oxygens (including phenoxy) is 1. The summed E-state index contributed by atoms with van der Waals surface area (Å²) in [5.74, 6) is 0. The molecule has 2 rings (SSSR count). The van der Waals surface area contributed by atoms with Crippen molar-refractivity contribution in [1.29, 1.82) is 0 Å². The molecule has 1 fully saturated rings. The fourth-order valence-electron chi connectivity index (χ4n) is 1.64. The van der Waals surface area contributed by atoms with Gasteiger partial charge in [-0.25, -0.2) is 0 Å². The van der Waals surface area contributed by atoms with E-state index in [0.717, 1.165) is 12.8 Å². The van der Waals surface area contributed by atoms with Crippen LogP contribution in [0.25, 0.3) is 0 Å². The maximum atomic E-state index is 10.8. The topological polar surface area (TPSA) is 47.9 Å². The van der Waals surface area contributed by atoms with Gasteiger partial charge in [-0.05, 0) is 11.6 Å². The van der Waals surface area contributed by atoms with E-state index in [-0.39, 0.29) is 5.60 Å². The quantitative estimate of drug-likeness (QED) is 0.599. The highest BCUT2D eigenvalue weighted by Gasteiger charge is 2.42. The van der Waals surface area contributed by atoms with Gasteiger partial charge in [-0.3, -0.25) is 4.79 Å². The third-order valence-electron chi connectivity index (χ3n) is 2.47. The minimum atomic E-state index is -0.511. The second-order valence-electron chi connectivity index (χ2n) is 3.38. The lowest BCUT2D eigenvalue weighted by Gasteiger charge is -2.30. The van der Waals surface area contributed by atoms with Crippen LogP contribution < -0.4 is 0 Å². The van der Waals surface area contributed by atoms with Crippen LogP contribution in [0.15, 0.2) is 5.16 Å². The molecule has 0 N–H and O–H groups in total. The SMILES string of the molecule is O=C(Cl)C1=NOC2(CCOCC2)C1. The first-order valence-electron chi connectivity index (χ1n) is 4.24. The van der Waals surface area contributed by atoms with Crippen LogP contribution in [0.4, 0.5) is 0 Å². The van der Waals surface area contributed by atoms with Crippen LogP contribution in [-0.4, -0.2) is 29.8 Å². The van der Waals surface area contributed by atoms with E-state index in [1.54, 1.807) is 0 Å². The second kappa shape index (κ2) is 3.27. The van der Waals surface area contributed by atoms with E-state index >= 15 is 0 Å². The molecule has 13 heavy (non-hydrogen) atoms. The second-order valence-corrected chi connectivity index (χ2v) is 3.72. The third kappa shape index (κ3) is 1.69. The van der Waals surface area contributed by atoms with Gasteiger partial charge in [0.15, 0.2) is 0 Å². The van der Waals surface area contributed by atoms with Crippen molar-refractivity contribution in [2.75, 3.05) is 13.2 Å². The van der Waals surface area contributed by atoms with Crippen molar-refractivity contribution in [3.63, 3.8) is 0 Å². The van der Waals surface area contributed by atoms with E-state index in [0.29, 0.717) is 25.3 Å². The Morgan fingerprint density at radius 1 is 1.46 bits per heavy atom. The van der Waals surface area contributed by atoms with Crippen LogP contribution in [0.2, 0.25) is 0 Å². The Morgan fingerprint density at radius 2 is 2.15 bits per heavy atom. The maximum absolute atomic E-state index is 10.8. The van der Waals surface area contributed by atoms with Crippen LogP contribution >= 0.6 is 11.6 Å². The largest absolute Gasteiger partial charge is 0.388 e. The zero-order chi connectivity index (χ0) is 9.31. The monoisotopic (exact) mass is 203 g/mol. The Bertz CT molecular complexity index is 258. The van der Waals surface area contributed by atoms with E-state index < -0.39 is 5.24 Å². The van der Waals surface area contributed by atoms with Gasteiger partial charge < -0.3 is 9.57 Å². The molecule has 2 aliphatic rings. The summed E-state index contributed by atoms with van der Waals surface area (Å²) < 4.78 is 5.20. The molecule has 0 aromatic heterocycles. The highest BCUT2D eigenvalue weighted by atomic mass is 35.5. The summed E-state index contributed by atoms with van der Waals surface area (Å²) >= 11 is 5.31. The van der Waals surface area contributed by atoms with Crippen molar-refractivity contribution in [1.82, 2.24) is 0 Å². The third-order valence-corrected chi connectivity index (χ3v) is 2.69. The van der Waals surface area contributed by atoms with Gasteiger partial charge in [-0.1, -0.05) is 5.16 Å². The molecule has 0 aromatic rings. The van der Waals surface area contributed by atoms with Crippen LogP contribution in [0.3, 0.4) is 0 Å². The number of oxime groups is 1. The number of nitrogens with zero attached hydrogens (tertiary/aromatic N) is 1. The normalized spacial score (nSPS) is 25.5. The summed E-state index contributed by atoms with van der Waals surface area (Å²) in [4.78, 5) is 16.1. The van der Waals surface area contributed by atoms with Gasteiger partial charge in [0.1, 0.15) is 11.3 Å². The number of carbonyl (C=O) groups excluding carboxylic acids is 1. The van der Waals surface area contributed by atoms with Crippen molar-refractivity contribution in [2.24, 2.45) is 5.16 Å². The van der Waals surface area contributed by atoms with Crippen molar-refractivity contribution in [3.8, 4) is 0 Å². The Hall–Kier alpha value is -0.610. The average Bonchev–Trinajstić information content (AvgIpc) is 2.51. The summed E-state index contributed by atoms with van der Waals surface area (Å²) in [5.41, 5.74) is 0.0292. The standard InChI is InChI=1S/C8H10ClNO3/c9-7(11)6-5-8(13-10-6)1-3-12-4-2-8/h1-5H2. The van der Waals surface area contributed by atoms with E-state index in [1.807, 2.05) is 0 Å². The zero-order valence-corrected chi connectivity index (χ0v) is 7.84. The van der Waals surface area contributed by atoms with E-state index in [2.05, 4.69) is 5.16 Å². The molecule has 0 atom stereocenters. The fourth-order valence-corrected chi connectivity index (χ4v) is 1.74. The number of carbonyl (C=O) groups is 1. The van der Waals surface area contributed by atoms with Gasteiger partial charge in [0.05, 0.1) is 13.2 Å². The zero-order valence-electron chi connectivity index (χ0n) is 7.09. The van der Waals surface area contributed by atoms with Crippen LogP contribution in [0.1, 0.15) is 19.3 Å². The molecule has 0 aliphatic carbocycles. The fraction of sp³-hybridized carbons (Fsp3) is 0.750. The maximum Gasteiger partial charge on any atom is 0.270 e. The molecule has 0 radical (unpaired) electrons. The molecule has 0 amide bonds. The molecule has 2 heterocycles.